The van der Waals surface area contributed by atoms with Crippen molar-refractivity contribution in [2.45, 2.75) is 12.8 Å². The number of amides is 1. The molecule has 0 aliphatic heterocycles. The molecule has 1 rings (SSSR count). The molecule has 0 unspecified atom stereocenters. The zero-order valence-electron chi connectivity index (χ0n) is 9.33. The number of rotatable bonds is 6. The van der Waals surface area contributed by atoms with Gasteiger partial charge in [-0.15, -0.1) is 0 Å². The molecule has 1 aromatic rings. The lowest BCUT2D eigenvalue weighted by molar-refractivity contribution is 0.0950. The maximum Gasteiger partial charge on any atom is 0.255 e. The van der Waals surface area contributed by atoms with Crippen LogP contribution in [-0.4, -0.2) is 24.9 Å². The van der Waals surface area contributed by atoms with Crippen molar-refractivity contribution >= 4 is 21.8 Å². The molecule has 0 spiro atoms. The summed E-state index contributed by atoms with van der Waals surface area (Å²) in [6.45, 7) is 0.697. The maximum absolute atomic E-state index is 11.8. The summed E-state index contributed by atoms with van der Waals surface area (Å²) in [5, 5.41) is 3.84. The van der Waals surface area contributed by atoms with E-state index in [0.717, 1.165) is 18.2 Å². The highest BCUT2D eigenvalue weighted by atomic mass is 79.9. The molecular weight excluding hydrogens is 270 g/mol. The molecule has 88 valence electrons. The first kappa shape index (κ1) is 13.0. The number of hydrogen-bond donors (Lipinski definition) is 1. The second-order valence-electron chi connectivity index (χ2n) is 3.35. The molecule has 3 nitrogen and oxygen atoms in total. The zero-order chi connectivity index (χ0) is 11.8. The normalized spacial score (nSPS) is 9.88. The number of para-hydroxylation sites is 1. The first-order valence-electron chi connectivity index (χ1n) is 5.26. The van der Waals surface area contributed by atoms with Gasteiger partial charge in [0.1, 0.15) is 5.75 Å². The first-order valence-corrected chi connectivity index (χ1v) is 6.39. The van der Waals surface area contributed by atoms with Gasteiger partial charge in [0.05, 0.1) is 12.7 Å². The number of nitrogens with one attached hydrogen (secondary N) is 1. The number of hydrogen-bond acceptors (Lipinski definition) is 2. The number of benzene rings is 1. The lowest BCUT2D eigenvalue weighted by Gasteiger charge is -2.08. The third-order valence-corrected chi connectivity index (χ3v) is 2.76. The molecule has 0 radical (unpaired) electrons. The van der Waals surface area contributed by atoms with Gasteiger partial charge in [0.2, 0.25) is 0 Å². The van der Waals surface area contributed by atoms with Crippen LogP contribution in [0.25, 0.3) is 0 Å². The average molecular weight is 286 g/mol. The number of carbonyl (C=O) groups excluding carboxylic acids is 1. The number of ether oxygens (including phenoxy) is 1. The molecule has 0 fully saturated rings. The van der Waals surface area contributed by atoms with Crippen molar-refractivity contribution in [3.05, 3.63) is 29.8 Å². The van der Waals surface area contributed by atoms with Crippen molar-refractivity contribution in [2.75, 3.05) is 19.0 Å². The second kappa shape index (κ2) is 7.28. The minimum atomic E-state index is -0.0768. The Morgan fingerprint density at radius 2 is 2.12 bits per heavy atom. The Balaban J connectivity index is 2.52. The van der Waals surface area contributed by atoms with Crippen LogP contribution >= 0.6 is 15.9 Å². The molecule has 0 aliphatic carbocycles. The van der Waals surface area contributed by atoms with Gasteiger partial charge < -0.3 is 10.1 Å². The highest BCUT2D eigenvalue weighted by Crippen LogP contribution is 2.16. The molecule has 0 saturated heterocycles. The Bertz CT molecular complexity index is 342. The molecule has 0 aliphatic rings. The molecule has 0 atom stereocenters. The van der Waals surface area contributed by atoms with Crippen LogP contribution in [0.5, 0.6) is 5.75 Å². The summed E-state index contributed by atoms with van der Waals surface area (Å²) in [7, 11) is 1.57. The van der Waals surface area contributed by atoms with E-state index in [2.05, 4.69) is 21.2 Å². The molecule has 0 saturated carbocycles. The summed E-state index contributed by atoms with van der Waals surface area (Å²) >= 11 is 3.35. The molecule has 4 heteroatoms. The van der Waals surface area contributed by atoms with Crippen LogP contribution in [0.2, 0.25) is 0 Å². The van der Waals surface area contributed by atoms with Gasteiger partial charge in [0, 0.05) is 11.9 Å². The van der Waals surface area contributed by atoms with Gasteiger partial charge in [-0.1, -0.05) is 28.1 Å². The van der Waals surface area contributed by atoms with Crippen molar-refractivity contribution in [2.24, 2.45) is 0 Å². The van der Waals surface area contributed by atoms with Crippen molar-refractivity contribution in [1.82, 2.24) is 5.32 Å². The van der Waals surface area contributed by atoms with E-state index in [9.17, 15) is 4.79 Å². The van der Waals surface area contributed by atoms with Crippen molar-refractivity contribution in [3.63, 3.8) is 0 Å². The van der Waals surface area contributed by atoms with Crippen molar-refractivity contribution < 1.29 is 9.53 Å². The molecule has 1 aromatic carbocycles. The van der Waals surface area contributed by atoms with Crippen LogP contribution in [0, 0.1) is 0 Å². The number of carbonyl (C=O) groups is 1. The Labute approximate surface area is 104 Å². The van der Waals surface area contributed by atoms with Gasteiger partial charge in [0.15, 0.2) is 0 Å². The van der Waals surface area contributed by atoms with Gasteiger partial charge >= 0.3 is 0 Å². The maximum atomic E-state index is 11.8. The first-order chi connectivity index (χ1) is 7.79. The summed E-state index contributed by atoms with van der Waals surface area (Å²) in [5.74, 6) is 0.535. The summed E-state index contributed by atoms with van der Waals surface area (Å²) in [6, 6.07) is 7.22. The van der Waals surface area contributed by atoms with E-state index in [-0.39, 0.29) is 5.91 Å². The molecule has 0 aromatic heterocycles. The van der Waals surface area contributed by atoms with E-state index in [0.29, 0.717) is 17.9 Å². The molecule has 1 N–H and O–H groups in total. The molecule has 0 heterocycles. The molecular formula is C12H16BrNO2. The van der Waals surface area contributed by atoms with E-state index in [1.54, 1.807) is 19.2 Å². The van der Waals surface area contributed by atoms with E-state index in [1.807, 2.05) is 12.1 Å². The van der Waals surface area contributed by atoms with Crippen LogP contribution in [-0.2, 0) is 0 Å². The molecule has 1 amide bonds. The second-order valence-corrected chi connectivity index (χ2v) is 4.15. The minimum absolute atomic E-state index is 0.0768. The quantitative estimate of drug-likeness (QED) is 0.645. The van der Waals surface area contributed by atoms with Gasteiger partial charge in [0.25, 0.3) is 5.91 Å². The van der Waals surface area contributed by atoms with Crippen LogP contribution in [0.3, 0.4) is 0 Å². The smallest absolute Gasteiger partial charge is 0.255 e. The molecule has 0 bridgehead atoms. The van der Waals surface area contributed by atoms with E-state index in [1.165, 1.54) is 0 Å². The monoisotopic (exact) mass is 285 g/mol. The number of halogens is 1. The summed E-state index contributed by atoms with van der Waals surface area (Å²) < 4.78 is 5.13. The number of unbranched alkanes of at least 4 members (excludes halogenated alkanes) is 1. The van der Waals surface area contributed by atoms with Gasteiger partial charge in [-0.2, -0.15) is 0 Å². The minimum Gasteiger partial charge on any atom is -0.496 e. The summed E-state index contributed by atoms with van der Waals surface area (Å²) in [5.41, 5.74) is 0.587. The third-order valence-electron chi connectivity index (χ3n) is 2.20. The standard InChI is InChI=1S/C12H16BrNO2/c1-16-11-7-3-2-6-10(11)12(15)14-9-5-4-8-13/h2-3,6-7H,4-5,8-9H2,1H3,(H,14,15). The fraction of sp³-hybridized carbons (Fsp3) is 0.417. The third kappa shape index (κ3) is 3.85. The van der Waals surface area contributed by atoms with Crippen LogP contribution in [0.4, 0.5) is 0 Å². The van der Waals surface area contributed by atoms with E-state index < -0.39 is 0 Å². The highest BCUT2D eigenvalue weighted by molar-refractivity contribution is 9.09. The Hall–Kier alpha value is -1.03. The summed E-state index contributed by atoms with van der Waals surface area (Å²) in [6.07, 6.45) is 2.04. The SMILES string of the molecule is COc1ccccc1C(=O)NCCCCBr. The fourth-order valence-corrected chi connectivity index (χ4v) is 1.75. The van der Waals surface area contributed by atoms with E-state index >= 15 is 0 Å². The van der Waals surface area contributed by atoms with Gasteiger partial charge in [-0.3, -0.25) is 4.79 Å². The van der Waals surface area contributed by atoms with Gasteiger partial charge in [-0.25, -0.2) is 0 Å². The number of methoxy groups -OCH3 is 1. The van der Waals surface area contributed by atoms with Crippen LogP contribution < -0.4 is 10.1 Å². The Kier molecular flexibility index (Phi) is 5.93. The lowest BCUT2D eigenvalue weighted by Crippen LogP contribution is -2.24. The summed E-state index contributed by atoms with van der Waals surface area (Å²) in [4.78, 5) is 11.8. The van der Waals surface area contributed by atoms with Gasteiger partial charge in [-0.05, 0) is 25.0 Å². The Morgan fingerprint density at radius 1 is 1.38 bits per heavy atom. The molecule has 16 heavy (non-hydrogen) atoms. The van der Waals surface area contributed by atoms with Crippen molar-refractivity contribution in [3.8, 4) is 5.75 Å². The van der Waals surface area contributed by atoms with E-state index in [4.69, 9.17) is 4.74 Å². The zero-order valence-corrected chi connectivity index (χ0v) is 10.9. The largest absolute Gasteiger partial charge is 0.496 e. The van der Waals surface area contributed by atoms with Crippen molar-refractivity contribution in [1.29, 1.82) is 0 Å². The highest BCUT2D eigenvalue weighted by Gasteiger charge is 2.09. The number of alkyl halides is 1. The van der Waals surface area contributed by atoms with Crippen LogP contribution in [0.1, 0.15) is 23.2 Å². The Morgan fingerprint density at radius 3 is 2.81 bits per heavy atom. The fourth-order valence-electron chi connectivity index (χ4n) is 1.35. The predicted molar refractivity (Wildman–Crippen MR) is 68.4 cm³/mol. The predicted octanol–water partition coefficient (Wildman–Crippen LogP) is 2.60. The topological polar surface area (TPSA) is 38.3 Å². The average Bonchev–Trinajstić information content (AvgIpc) is 2.34. The van der Waals surface area contributed by atoms with Crippen LogP contribution in [0.15, 0.2) is 24.3 Å². The lowest BCUT2D eigenvalue weighted by atomic mass is 10.2.